The maximum atomic E-state index is 11.5. The van der Waals surface area contributed by atoms with Gasteiger partial charge >= 0.3 is 5.97 Å². The topological polar surface area (TPSA) is 44.8 Å². The first-order valence-corrected chi connectivity index (χ1v) is 6.25. The molecule has 0 amide bonds. The van der Waals surface area contributed by atoms with Crippen LogP contribution in [0.1, 0.15) is 26.2 Å². The van der Waals surface area contributed by atoms with Crippen LogP contribution in [-0.2, 0) is 19.0 Å². The zero-order chi connectivity index (χ0) is 11.1. The number of esters is 1. The predicted octanol–water partition coefficient (Wildman–Crippen LogP) is 1.13. The van der Waals surface area contributed by atoms with Crippen LogP contribution in [-0.4, -0.2) is 37.5 Å². The molecule has 16 heavy (non-hydrogen) atoms. The smallest absolute Gasteiger partial charge is 0.312 e. The lowest BCUT2D eigenvalue weighted by Crippen LogP contribution is -2.38. The highest BCUT2D eigenvalue weighted by Gasteiger charge is 2.60. The number of hydrogen-bond donors (Lipinski definition) is 0. The Labute approximate surface area is 95.2 Å². The summed E-state index contributed by atoms with van der Waals surface area (Å²) < 4.78 is 16.8. The molecule has 0 aromatic carbocycles. The van der Waals surface area contributed by atoms with E-state index in [1.165, 1.54) is 0 Å². The van der Waals surface area contributed by atoms with Crippen LogP contribution in [0.4, 0.5) is 0 Å². The molecule has 3 heterocycles. The van der Waals surface area contributed by atoms with Gasteiger partial charge in [-0.2, -0.15) is 0 Å². The molecule has 0 saturated carbocycles. The lowest BCUT2D eigenvalue weighted by Gasteiger charge is -2.25. The Morgan fingerprint density at radius 1 is 1.50 bits per heavy atom. The Morgan fingerprint density at radius 3 is 3.19 bits per heavy atom. The van der Waals surface area contributed by atoms with Crippen LogP contribution >= 0.6 is 0 Å². The Hall–Kier alpha value is -0.610. The normalized spacial score (nSPS) is 44.8. The van der Waals surface area contributed by atoms with E-state index < -0.39 is 0 Å². The molecular weight excluding hydrogens is 208 g/mol. The highest BCUT2D eigenvalue weighted by molar-refractivity contribution is 5.76. The number of cyclic esters (lactones) is 1. The van der Waals surface area contributed by atoms with Crippen molar-refractivity contribution >= 4 is 5.97 Å². The molecule has 0 aromatic rings. The van der Waals surface area contributed by atoms with E-state index in [0.29, 0.717) is 6.61 Å². The molecule has 4 nitrogen and oxygen atoms in total. The molecule has 4 heteroatoms. The molecule has 3 rings (SSSR count). The van der Waals surface area contributed by atoms with Crippen molar-refractivity contribution in [1.29, 1.82) is 0 Å². The lowest BCUT2D eigenvalue weighted by atomic mass is 9.80. The monoisotopic (exact) mass is 226 g/mol. The summed E-state index contributed by atoms with van der Waals surface area (Å²) in [6, 6.07) is 0. The van der Waals surface area contributed by atoms with Crippen LogP contribution in [0.25, 0.3) is 0 Å². The van der Waals surface area contributed by atoms with Crippen LogP contribution in [0.2, 0.25) is 0 Å². The Balaban J connectivity index is 1.61. The van der Waals surface area contributed by atoms with Crippen molar-refractivity contribution in [3.63, 3.8) is 0 Å². The standard InChI is InChI=1S/C12H18O4/c1-2-3-4-14-9-5-8-10-7(11(9)16-8)6-15-12(10)13/h7-11H,2-6H2,1H3. The van der Waals surface area contributed by atoms with Gasteiger partial charge in [0.1, 0.15) is 0 Å². The Morgan fingerprint density at radius 2 is 2.38 bits per heavy atom. The van der Waals surface area contributed by atoms with Crippen molar-refractivity contribution < 1.29 is 19.0 Å². The molecule has 3 saturated heterocycles. The van der Waals surface area contributed by atoms with E-state index in [1.54, 1.807) is 0 Å². The average molecular weight is 226 g/mol. The van der Waals surface area contributed by atoms with Gasteiger partial charge in [-0.3, -0.25) is 4.79 Å². The van der Waals surface area contributed by atoms with E-state index in [0.717, 1.165) is 25.9 Å². The number of rotatable bonds is 4. The molecule has 2 bridgehead atoms. The van der Waals surface area contributed by atoms with Gasteiger partial charge in [-0.15, -0.1) is 0 Å². The number of unbranched alkanes of at least 4 members (excludes halogenated alkanes) is 1. The third-order valence-electron chi connectivity index (χ3n) is 3.97. The number of hydrogen-bond acceptors (Lipinski definition) is 4. The fourth-order valence-corrected chi connectivity index (χ4v) is 3.14. The second kappa shape index (κ2) is 4.00. The molecule has 3 aliphatic rings. The number of fused-ring (bicyclic) bond motifs is 5. The highest BCUT2D eigenvalue weighted by atomic mass is 16.6. The van der Waals surface area contributed by atoms with Crippen molar-refractivity contribution in [3.05, 3.63) is 0 Å². The summed E-state index contributed by atoms with van der Waals surface area (Å²) in [4.78, 5) is 11.5. The summed E-state index contributed by atoms with van der Waals surface area (Å²) in [7, 11) is 0. The van der Waals surface area contributed by atoms with Gasteiger partial charge in [-0.1, -0.05) is 13.3 Å². The first kappa shape index (κ1) is 10.5. The van der Waals surface area contributed by atoms with Crippen LogP contribution in [0.3, 0.4) is 0 Å². The largest absolute Gasteiger partial charge is 0.465 e. The third kappa shape index (κ3) is 1.47. The quantitative estimate of drug-likeness (QED) is 0.532. The number of carbonyl (C=O) groups is 1. The molecule has 0 aromatic heterocycles. The van der Waals surface area contributed by atoms with E-state index >= 15 is 0 Å². The molecule has 3 fully saturated rings. The van der Waals surface area contributed by atoms with Gasteiger partial charge < -0.3 is 14.2 Å². The molecule has 5 atom stereocenters. The summed E-state index contributed by atoms with van der Waals surface area (Å²) in [5, 5.41) is 0. The molecule has 5 unspecified atom stereocenters. The van der Waals surface area contributed by atoms with E-state index in [1.807, 2.05) is 0 Å². The first-order chi connectivity index (χ1) is 7.81. The zero-order valence-electron chi connectivity index (χ0n) is 9.56. The van der Waals surface area contributed by atoms with Gasteiger partial charge in [0.05, 0.1) is 30.8 Å². The van der Waals surface area contributed by atoms with Crippen molar-refractivity contribution in [3.8, 4) is 0 Å². The van der Waals surface area contributed by atoms with Crippen LogP contribution in [0.5, 0.6) is 0 Å². The lowest BCUT2D eigenvalue weighted by molar-refractivity contribution is -0.143. The first-order valence-electron chi connectivity index (χ1n) is 6.25. The van der Waals surface area contributed by atoms with Crippen molar-refractivity contribution in [2.24, 2.45) is 11.8 Å². The van der Waals surface area contributed by atoms with E-state index in [-0.39, 0.29) is 36.1 Å². The average Bonchev–Trinajstić information content (AvgIpc) is 2.91. The molecule has 90 valence electrons. The minimum Gasteiger partial charge on any atom is -0.465 e. The highest BCUT2D eigenvalue weighted by Crippen LogP contribution is 2.48. The van der Waals surface area contributed by atoms with Gasteiger partial charge in [0.25, 0.3) is 0 Å². The third-order valence-corrected chi connectivity index (χ3v) is 3.97. The summed E-state index contributed by atoms with van der Waals surface area (Å²) >= 11 is 0. The summed E-state index contributed by atoms with van der Waals surface area (Å²) in [5.41, 5.74) is 0. The Bertz CT molecular complexity index is 291. The predicted molar refractivity (Wildman–Crippen MR) is 55.9 cm³/mol. The minimum absolute atomic E-state index is 0.00368. The summed E-state index contributed by atoms with van der Waals surface area (Å²) in [5.74, 6) is 0.179. The molecule has 0 aliphatic carbocycles. The van der Waals surface area contributed by atoms with E-state index in [2.05, 4.69) is 6.92 Å². The van der Waals surface area contributed by atoms with Crippen LogP contribution < -0.4 is 0 Å². The van der Waals surface area contributed by atoms with E-state index in [9.17, 15) is 4.79 Å². The van der Waals surface area contributed by atoms with Gasteiger partial charge in [-0.25, -0.2) is 0 Å². The fourth-order valence-electron chi connectivity index (χ4n) is 3.14. The maximum absolute atomic E-state index is 11.5. The van der Waals surface area contributed by atoms with E-state index in [4.69, 9.17) is 14.2 Å². The SMILES string of the molecule is CCCCOC1CC2OC1C1COC(=O)C21. The maximum Gasteiger partial charge on any atom is 0.312 e. The molecule has 3 aliphatic heterocycles. The molecule has 0 spiro atoms. The number of ether oxygens (including phenoxy) is 3. The van der Waals surface area contributed by atoms with Gasteiger partial charge in [0.2, 0.25) is 0 Å². The van der Waals surface area contributed by atoms with Crippen molar-refractivity contribution in [2.45, 2.75) is 44.5 Å². The van der Waals surface area contributed by atoms with Crippen molar-refractivity contribution in [1.82, 2.24) is 0 Å². The number of carbonyl (C=O) groups excluding carboxylic acids is 1. The summed E-state index contributed by atoms with van der Waals surface area (Å²) in [6.45, 7) is 3.48. The second-order valence-corrected chi connectivity index (χ2v) is 4.96. The van der Waals surface area contributed by atoms with Crippen LogP contribution in [0.15, 0.2) is 0 Å². The molecule has 0 N–H and O–H groups in total. The van der Waals surface area contributed by atoms with Crippen molar-refractivity contribution in [2.75, 3.05) is 13.2 Å². The summed E-state index contributed by atoms with van der Waals surface area (Å²) in [6.07, 6.45) is 3.44. The van der Waals surface area contributed by atoms with Gasteiger partial charge in [0.15, 0.2) is 0 Å². The van der Waals surface area contributed by atoms with Gasteiger partial charge in [0, 0.05) is 18.9 Å². The zero-order valence-corrected chi connectivity index (χ0v) is 9.56. The van der Waals surface area contributed by atoms with Crippen LogP contribution in [0, 0.1) is 11.8 Å². The van der Waals surface area contributed by atoms with Gasteiger partial charge in [-0.05, 0) is 6.42 Å². The molecular formula is C12H18O4. The second-order valence-electron chi connectivity index (χ2n) is 4.96. The Kier molecular flexibility index (Phi) is 2.64. The molecule has 0 radical (unpaired) electrons. The minimum atomic E-state index is -0.0653. The fraction of sp³-hybridized carbons (Fsp3) is 0.917.